The first kappa shape index (κ1) is 20.9. The third-order valence-electron chi connectivity index (χ3n) is 5.58. The van der Waals surface area contributed by atoms with Crippen LogP contribution in [-0.4, -0.2) is 28.7 Å². The summed E-state index contributed by atoms with van der Waals surface area (Å²) in [6, 6.07) is 13.1. The third kappa shape index (κ3) is 3.84. The maximum atomic E-state index is 13.1. The lowest BCUT2D eigenvalue weighted by Gasteiger charge is -2.28. The summed E-state index contributed by atoms with van der Waals surface area (Å²) < 4.78 is 13.0. The van der Waals surface area contributed by atoms with Crippen molar-refractivity contribution in [1.82, 2.24) is 9.55 Å². The Morgan fingerprint density at radius 3 is 2.75 bits per heavy atom. The molecule has 3 heterocycles. The standard InChI is InChI=1S/C23H20ClN3O4S/c1-27-21-20(22(29)26-23(27)32-12-14-4-2-3-5-16(14)24)15(11-19(28)25-21)13-6-7-17-18(10-13)31-9-8-30-17/h2-7,10,15H,8-9,11-12H2,1H3,(H,25,28)/t15-/m1/s1. The predicted molar refractivity (Wildman–Crippen MR) is 123 cm³/mol. The second-order valence-electron chi connectivity index (χ2n) is 7.61. The second-order valence-corrected chi connectivity index (χ2v) is 8.96. The smallest absolute Gasteiger partial charge is 0.279 e. The highest BCUT2D eigenvalue weighted by atomic mass is 35.5. The van der Waals surface area contributed by atoms with Gasteiger partial charge in [-0.15, -0.1) is 0 Å². The van der Waals surface area contributed by atoms with Gasteiger partial charge in [0.1, 0.15) is 19.0 Å². The number of nitrogens with one attached hydrogen (secondary N) is 1. The van der Waals surface area contributed by atoms with Crippen LogP contribution in [-0.2, 0) is 17.6 Å². The Kier molecular flexibility index (Phi) is 5.57. The van der Waals surface area contributed by atoms with E-state index < -0.39 is 5.92 Å². The zero-order valence-corrected chi connectivity index (χ0v) is 18.8. The summed E-state index contributed by atoms with van der Waals surface area (Å²) in [5.74, 6) is 1.75. The normalized spacial score (nSPS) is 16.9. The number of anilines is 1. The van der Waals surface area contributed by atoms with Gasteiger partial charge in [-0.3, -0.25) is 9.59 Å². The van der Waals surface area contributed by atoms with Crippen molar-refractivity contribution >= 4 is 35.1 Å². The lowest BCUT2D eigenvalue weighted by Crippen LogP contribution is -2.33. The monoisotopic (exact) mass is 469 g/mol. The average Bonchev–Trinajstić information content (AvgIpc) is 2.80. The molecule has 0 saturated heterocycles. The molecule has 0 fully saturated rings. The molecule has 1 N–H and O–H groups in total. The van der Waals surface area contributed by atoms with Crippen LogP contribution in [0.3, 0.4) is 0 Å². The summed E-state index contributed by atoms with van der Waals surface area (Å²) in [7, 11) is 1.80. The Bertz CT molecular complexity index is 1280. The molecule has 0 aliphatic carbocycles. The molecule has 2 aliphatic rings. The van der Waals surface area contributed by atoms with Crippen LogP contribution < -0.4 is 20.3 Å². The van der Waals surface area contributed by atoms with E-state index >= 15 is 0 Å². The number of nitrogens with zero attached hydrogens (tertiary/aromatic N) is 2. The number of ether oxygens (including phenoxy) is 2. The fourth-order valence-corrected chi connectivity index (χ4v) is 5.23. The number of benzene rings is 2. The first-order valence-electron chi connectivity index (χ1n) is 10.2. The van der Waals surface area contributed by atoms with Gasteiger partial charge in [0.2, 0.25) is 5.91 Å². The Morgan fingerprint density at radius 2 is 1.94 bits per heavy atom. The summed E-state index contributed by atoms with van der Waals surface area (Å²) in [6.07, 6.45) is 0.162. The molecule has 3 aromatic rings. The minimum absolute atomic E-state index is 0.152. The molecule has 0 radical (unpaired) electrons. The van der Waals surface area contributed by atoms with Gasteiger partial charge >= 0.3 is 0 Å². The van der Waals surface area contributed by atoms with Crippen LogP contribution in [0.25, 0.3) is 0 Å². The molecule has 32 heavy (non-hydrogen) atoms. The van der Waals surface area contributed by atoms with Crippen molar-refractivity contribution in [1.29, 1.82) is 0 Å². The topological polar surface area (TPSA) is 82.5 Å². The van der Waals surface area contributed by atoms with Gasteiger partial charge in [0, 0.05) is 30.2 Å². The van der Waals surface area contributed by atoms with Gasteiger partial charge in [-0.05, 0) is 29.3 Å². The molecule has 0 saturated carbocycles. The minimum Gasteiger partial charge on any atom is -0.486 e. The van der Waals surface area contributed by atoms with Crippen molar-refractivity contribution in [3.8, 4) is 11.5 Å². The van der Waals surface area contributed by atoms with Crippen LogP contribution in [0.1, 0.15) is 29.0 Å². The zero-order valence-electron chi connectivity index (χ0n) is 17.3. The average molecular weight is 470 g/mol. The number of hydrogen-bond acceptors (Lipinski definition) is 6. The third-order valence-corrected chi connectivity index (χ3v) is 7.03. The number of rotatable bonds is 4. The first-order chi connectivity index (χ1) is 15.5. The van der Waals surface area contributed by atoms with E-state index in [0.29, 0.717) is 52.0 Å². The van der Waals surface area contributed by atoms with Crippen LogP contribution >= 0.6 is 23.4 Å². The van der Waals surface area contributed by atoms with Gasteiger partial charge in [-0.1, -0.05) is 47.6 Å². The van der Waals surface area contributed by atoms with E-state index in [9.17, 15) is 9.59 Å². The number of aromatic nitrogens is 2. The zero-order chi connectivity index (χ0) is 22.2. The molecule has 0 unspecified atom stereocenters. The Labute approximate surface area is 193 Å². The molecule has 1 atom stereocenters. The van der Waals surface area contributed by atoms with Crippen molar-refractivity contribution < 1.29 is 14.3 Å². The van der Waals surface area contributed by atoms with Crippen LogP contribution in [0, 0.1) is 0 Å². The number of fused-ring (bicyclic) bond motifs is 2. The number of thioether (sulfide) groups is 1. The molecule has 1 amide bonds. The number of carbonyl (C=O) groups is 1. The van der Waals surface area contributed by atoms with Crippen LogP contribution in [0.15, 0.2) is 52.4 Å². The number of hydrogen-bond donors (Lipinski definition) is 1. The molecule has 2 aliphatic heterocycles. The van der Waals surface area contributed by atoms with Crippen molar-refractivity contribution in [3.05, 3.63) is 74.5 Å². The molecule has 0 spiro atoms. The van der Waals surface area contributed by atoms with E-state index in [-0.39, 0.29) is 17.9 Å². The molecule has 0 bridgehead atoms. The van der Waals surface area contributed by atoms with Crippen molar-refractivity contribution in [2.75, 3.05) is 18.5 Å². The van der Waals surface area contributed by atoms with Crippen LogP contribution in [0.5, 0.6) is 11.5 Å². The fourth-order valence-electron chi connectivity index (χ4n) is 3.98. The molecule has 7 nitrogen and oxygen atoms in total. The van der Waals surface area contributed by atoms with E-state index in [4.69, 9.17) is 21.1 Å². The summed E-state index contributed by atoms with van der Waals surface area (Å²) in [6.45, 7) is 0.966. The molecule has 5 rings (SSSR count). The molecule has 1 aromatic heterocycles. The summed E-state index contributed by atoms with van der Waals surface area (Å²) in [5.41, 5.74) is 1.90. The van der Waals surface area contributed by atoms with Gasteiger partial charge in [0.15, 0.2) is 16.7 Å². The molecule has 2 aromatic carbocycles. The number of halogens is 1. The molecule has 164 valence electrons. The maximum absolute atomic E-state index is 13.1. The van der Waals surface area contributed by atoms with E-state index in [1.807, 2.05) is 42.5 Å². The highest BCUT2D eigenvalue weighted by Crippen LogP contribution is 2.40. The highest BCUT2D eigenvalue weighted by Gasteiger charge is 2.33. The SMILES string of the molecule is Cn1c(SCc2ccccc2Cl)nc(=O)c2c1NC(=O)C[C@@H]2c1ccc2c(c1)OCCO2. The maximum Gasteiger partial charge on any atom is 0.279 e. The van der Waals surface area contributed by atoms with Gasteiger partial charge in [0.05, 0.1) is 5.56 Å². The van der Waals surface area contributed by atoms with Crippen molar-refractivity contribution in [2.24, 2.45) is 7.05 Å². The van der Waals surface area contributed by atoms with Gasteiger partial charge in [-0.2, -0.15) is 4.98 Å². The summed E-state index contributed by atoms with van der Waals surface area (Å²) in [4.78, 5) is 30.0. The second kappa shape index (κ2) is 8.52. The van der Waals surface area contributed by atoms with Crippen molar-refractivity contribution in [2.45, 2.75) is 23.2 Å². The molecule has 9 heteroatoms. The fraction of sp³-hybridized carbons (Fsp3) is 0.261. The van der Waals surface area contributed by atoms with E-state index in [2.05, 4.69) is 10.3 Å². The van der Waals surface area contributed by atoms with E-state index in [0.717, 1.165) is 11.1 Å². The first-order valence-corrected chi connectivity index (χ1v) is 11.5. The van der Waals surface area contributed by atoms with E-state index in [1.54, 1.807) is 11.6 Å². The van der Waals surface area contributed by atoms with Crippen LogP contribution in [0.4, 0.5) is 5.82 Å². The predicted octanol–water partition coefficient (Wildman–Crippen LogP) is 3.97. The van der Waals surface area contributed by atoms with Gasteiger partial charge in [0.25, 0.3) is 5.56 Å². The van der Waals surface area contributed by atoms with Gasteiger partial charge in [-0.25, -0.2) is 0 Å². The minimum atomic E-state index is -0.414. The number of carbonyl (C=O) groups excluding carboxylic acids is 1. The van der Waals surface area contributed by atoms with E-state index in [1.165, 1.54) is 11.8 Å². The van der Waals surface area contributed by atoms with Crippen molar-refractivity contribution in [3.63, 3.8) is 0 Å². The lowest BCUT2D eigenvalue weighted by atomic mass is 9.86. The Morgan fingerprint density at radius 1 is 1.16 bits per heavy atom. The molecular formula is C23H20ClN3O4S. The highest BCUT2D eigenvalue weighted by molar-refractivity contribution is 7.98. The number of amides is 1. The Balaban J connectivity index is 1.51. The lowest BCUT2D eigenvalue weighted by molar-refractivity contribution is -0.116. The molecular weight excluding hydrogens is 450 g/mol. The summed E-state index contributed by atoms with van der Waals surface area (Å²) >= 11 is 7.65. The largest absolute Gasteiger partial charge is 0.486 e. The Hall–Kier alpha value is -2.97. The van der Waals surface area contributed by atoms with Crippen LogP contribution in [0.2, 0.25) is 5.02 Å². The summed E-state index contributed by atoms with van der Waals surface area (Å²) in [5, 5.41) is 4.04. The van der Waals surface area contributed by atoms with Gasteiger partial charge < -0.3 is 19.4 Å². The quantitative estimate of drug-likeness (QED) is 0.460.